The van der Waals surface area contributed by atoms with Gasteiger partial charge in [0, 0.05) is 11.7 Å². The summed E-state index contributed by atoms with van der Waals surface area (Å²) < 4.78 is 0. The van der Waals surface area contributed by atoms with Crippen LogP contribution in [0.2, 0.25) is 0 Å². The Morgan fingerprint density at radius 3 is 2.72 bits per heavy atom. The van der Waals surface area contributed by atoms with E-state index in [9.17, 15) is 4.79 Å². The first kappa shape index (κ1) is 13.1. The fourth-order valence-corrected chi connectivity index (χ4v) is 2.50. The molecule has 2 rings (SSSR count). The van der Waals surface area contributed by atoms with E-state index < -0.39 is 0 Å². The molecule has 1 N–H and O–H groups in total. The molecule has 0 aliphatic carbocycles. The highest BCUT2D eigenvalue weighted by molar-refractivity contribution is 5.98. The standard InChI is InChI=1S/C15H22N2O/c1-10-6-5-7-14(12(10)3)17-11(2)8-9-16-13(4)15(17)18/h5-7,11,13,16H,8-9H2,1-4H3. The predicted molar refractivity (Wildman–Crippen MR) is 74.9 cm³/mol. The highest BCUT2D eigenvalue weighted by Gasteiger charge is 2.29. The van der Waals surface area contributed by atoms with Crippen LogP contribution in [0.3, 0.4) is 0 Å². The van der Waals surface area contributed by atoms with Gasteiger partial charge in [0.2, 0.25) is 5.91 Å². The Balaban J connectivity index is 2.45. The lowest BCUT2D eigenvalue weighted by molar-refractivity contribution is -0.120. The molecule has 0 saturated carbocycles. The van der Waals surface area contributed by atoms with Crippen LogP contribution < -0.4 is 10.2 Å². The van der Waals surface area contributed by atoms with Gasteiger partial charge in [0.15, 0.2) is 0 Å². The summed E-state index contributed by atoms with van der Waals surface area (Å²) in [5, 5.41) is 3.27. The molecule has 0 aromatic heterocycles. The summed E-state index contributed by atoms with van der Waals surface area (Å²) in [7, 11) is 0. The van der Waals surface area contributed by atoms with Crippen LogP contribution in [0.25, 0.3) is 0 Å². The maximum Gasteiger partial charge on any atom is 0.244 e. The van der Waals surface area contributed by atoms with Crippen molar-refractivity contribution in [3.8, 4) is 0 Å². The molecule has 3 nitrogen and oxygen atoms in total. The van der Waals surface area contributed by atoms with Crippen molar-refractivity contribution >= 4 is 11.6 Å². The lowest BCUT2D eigenvalue weighted by Crippen LogP contribution is -2.45. The highest BCUT2D eigenvalue weighted by Crippen LogP contribution is 2.27. The summed E-state index contributed by atoms with van der Waals surface area (Å²) in [6.07, 6.45) is 0.990. The van der Waals surface area contributed by atoms with Crippen LogP contribution in [0.5, 0.6) is 0 Å². The predicted octanol–water partition coefficient (Wildman–Crippen LogP) is 2.41. The second-order valence-corrected chi connectivity index (χ2v) is 5.24. The number of rotatable bonds is 1. The smallest absolute Gasteiger partial charge is 0.244 e. The molecule has 1 aromatic carbocycles. The van der Waals surface area contributed by atoms with Crippen molar-refractivity contribution in [2.75, 3.05) is 11.4 Å². The van der Waals surface area contributed by atoms with Crippen molar-refractivity contribution in [3.63, 3.8) is 0 Å². The SMILES string of the molecule is Cc1cccc(N2C(=O)C(C)NCCC2C)c1C. The second-order valence-electron chi connectivity index (χ2n) is 5.24. The van der Waals surface area contributed by atoms with Crippen LogP contribution in [0.4, 0.5) is 5.69 Å². The van der Waals surface area contributed by atoms with Gasteiger partial charge in [-0.15, -0.1) is 0 Å². The Kier molecular flexibility index (Phi) is 3.71. The van der Waals surface area contributed by atoms with Crippen LogP contribution in [-0.2, 0) is 4.79 Å². The minimum Gasteiger partial charge on any atom is -0.308 e. The lowest BCUT2D eigenvalue weighted by atomic mass is 10.0. The van der Waals surface area contributed by atoms with Gasteiger partial charge in [0.25, 0.3) is 0 Å². The molecule has 3 heteroatoms. The van der Waals surface area contributed by atoms with E-state index in [-0.39, 0.29) is 18.0 Å². The molecule has 1 amide bonds. The first-order chi connectivity index (χ1) is 8.52. The molecule has 0 bridgehead atoms. The van der Waals surface area contributed by atoms with Gasteiger partial charge in [-0.3, -0.25) is 4.79 Å². The van der Waals surface area contributed by atoms with Gasteiger partial charge in [-0.2, -0.15) is 0 Å². The molecule has 1 aromatic rings. The van der Waals surface area contributed by atoms with Crippen molar-refractivity contribution in [2.45, 2.75) is 46.2 Å². The number of carbonyl (C=O) groups excluding carboxylic acids is 1. The third-order valence-corrected chi connectivity index (χ3v) is 3.90. The van der Waals surface area contributed by atoms with Crippen LogP contribution >= 0.6 is 0 Å². The van der Waals surface area contributed by atoms with Crippen molar-refractivity contribution in [2.24, 2.45) is 0 Å². The third kappa shape index (κ3) is 2.27. The third-order valence-electron chi connectivity index (χ3n) is 3.90. The molecule has 0 radical (unpaired) electrons. The van der Waals surface area contributed by atoms with Crippen LogP contribution in [0, 0.1) is 13.8 Å². The van der Waals surface area contributed by atoms with E-state index in [2.05, 4.69) is 38.2 Å². The Hall–Kier alpha value is -1.35. The van der Waals surface area contributed by atoms with Crippen LogP contribution in [0.15, 0.2) is 18.2 Å². The first-order valence-corrected chi connectivity index (χ1v) is 6.65. The van der Waals surface area contributed by atoms with E-state index in [1.165, 1.54) is 11.1 Å². The molecular weight excluding hydrogens is 224 g/mol. The molecule has 2 unspecified atom stereocenters. The molecule has 0 spiro atoms. The van der Waals surface area contributed by atoms with Crippen LogP contribution in [0.1, 0.15) is 31.4 Å². The summed E-state index contributed by atoms with van der Waals surface area (Å²) in [5.74, 6) is 0.175. The Morgan fingerprint density at radius 2 is 2.00 bits per heavy atom. The summed E-state index contributed by atoms with van der Waals surface area (Å²) >= 11 is 0. The highest BCUT2D eigenvalue weighted by atomic mass is 16.2. The van der Waals surface area contributed by atoms with E-state index in [4.69, 9.17) is 0 Å². The molecule has 98 valence electrons. The number of hydrogen-bond acceptors (Lipinski definition) is 2. The van der Waals surface area contributed by atoms with Gasteiger partial charge in [-0.05, 0) is 57.9 Å². The number of benzene rings is 1. The molecule has 1 heterocycles. The van der Waals surface area contributed by atoms with Crippen LogP contribution in [-0.4, -0.2) is 24.5 Å². The largest absolute Gasteiger partial charge is 0.308 e. The summed E-state index contributed by atoms with van der Waals surface area (Å²) in [5.41, 5.74) is 3.49. The fraction of sp³-hybridized carbons (Fsp3) is 0.533. The summed E-state index contributed by atoms with van der Waals surface area (Å²) in [6, 6.07) is 6.31. The van der Waals surface area contributed by atoms with Gasteiger partial charge in [-0.25, -0.2) is 0 Å². The Labute approximate surface area is 109 Å². The monoisotopic (exact) mass is 246 g/mol. The maximum atomic E-state index is 12.5. The van der Waals surface area contributed by atoms with Gasteiger partial charge >= 0.3 is 0 Å². The van der Waals surface area contributed by atoms with Crippen molar-refractivity contribution in [3.05, 3.63) is 29.3 Å². The minimum atomic E-state index is -0.102. The summed E-state index contributed by atoms with van der Waals surface area (Å²) in [6.45, 7) is 9.15. The van der Waals surface area contributed by atoms with Gasteiger partial charge in [0.1, 0.15) is 0 Å². The number of aryl methyl sites for hydroxylation is 1. The number of nitrogens with one attached hydrogen (secondary N) is 1. The van der Waals surface area contributed by atoms with Crippen molar-refractivity contribution in [1.29, 1.82) is 0 Å². The average molecular weight is 246 g/mol. The quantitative estimate of drug-likeness (QED) is 0.825. The van der Waals surface area contributed by atoms with Crippen molar-refractivity contribution < 1.29 is 4.79 Å². The number of anilines is 1. The zero-order valence-corrected chi connectivity index (χ0v) is 11.7. The van der Waals surface area contributed by atoms with Crippen molar-refractivity contribution in [1.82, 2.24) is 5.32 Å². The molecule has 1 aliphatic rings. The molecule has 2 atom stereocenters. The maximum absolute atomic E-state index is 12.5. The molecule has 1 fully saturated rings. The molecule has 1 saturated heterocycles. The van der Waals surface area contributed by atoms with E-state index in [0.29, 0.717) is 0 Å². The zero-order chi connectivity index (χ0) is 13.3. The summed E-state index contributed by atoms with van der Waals surface area (Å²) in [4.78, 5) is 14.4. The second kappa shape index (κ2) is 5.11. The Bertz CT molecular complexity index is 456. The number of hydrogen-bond donors (Lipinski definition) is 1. The molecule has 1 aliphatic heterocycles. The first-order valence-electron chi connectivity index (χ1n) is 6.65. The van der Waals surface area contributed by atoms with E-state index in [1.807, 2.05) is 17.9 Å². The number of nitrogens with zero attached hydrogens (tertiary/aromatic N) is 1. The minimum absolute atomic E-state index is 0.102. The lowest BCUT2D eigenvalue weighted by Gasteiger charge is -2.30. The Morgan fingerprint density at radius 1 is 1.28 bits per heavy atom. The molecule has 18 heavy (non-hydrogen) atoms. The normalized spacial score (nSPS) is 25.1. The van der Waals surface area contributed by atoms with Gasteiger partial charge in [0.05, 0.1) is 6.04 Å². The average Bonchev–Trinajstić information content (AvgIpc) is 2.45. The van der Waals surface area contributed by atoms with Gasteiger partial charge in [-0.1, -0.05) is 12.1 Å². The zero-order valence-electron chi connectivity index (χ0n) is 11.7. The van der Waals surface area contributed by atoms with E-state index in [0.717, 1.165) is 18.7 Å². The topological polar surface area (TPSA) is 32.3 Å². The number of amides is 1. The number of carbonyl (C=O) groups is 1. The fourth-order valence-electron chi connectivity index (χ4n) is 2.50. The molecular formula is C15H22N2O. The van der Waals surface area contributed by atoms with E-state index in [1.54, 1.807) is 0 Å². The van der Waals surface area contributed by atoms with Gasteiger partial charge < -0.3 is 10.2 Å². The van der Waals surface area contributed by atoms with E-state index >= 15 is 0 Å².